The van der Waals surface area contributed by atoms with E-state index in [2.05, 4.69) is 5.32 Å². The van der Waals surface area contributed by atoms with Crippen molar-refractivity contribution in [3.05, 3.63) is 24.2 Å². The zero-order valence-corrected chi connectivity index (χ0v) is 9.39. The van der Waals surface area contributed by atoms with Gasteiger partial charge in [0, 0.05) is 18.2 Å². The molecule has 0 spiro atoms. The molecule has 1 aromatic rings. The summed E-state index contributed by atoms with van der Waals surface area (Å²) in [5.41, 5.74) is 0. The monoisotopic (exact) mass is 225 g/mol. The second-order valence-corrected chi connectivity index (χ2v) is 4.80. The lowest BCUT2D eigenvalue weighted by Crippen LogP contribution is -2.26. The third-order valence-electron chi connectivity index (χ3n) is 2.32. The van der Waals surface area contributed by atoms with Crippen LogP contribution in [0.2, 0.25) is 0 Å². The van der Waals surface area contributed by atoms with Crippen molar-refractivity contribution in [1.82, 2.24) is 5.32 Å². The number of rotatable bonds is 6. The van der Waals surface area contributed by atoms with E-state index in [4.69, 9.17) is 4.42 Å². The van der Waals surface area contributed by atoms with Crippen LogP contribution in [0.1, 0.15) is 18.6 Å². The average molecular weight is 225 g/mol. The Morgan fingerprint density at radius 1 is 1.60 bits per heavy atom. The highest BCUT2D eigenvalue weighted by atomic mass is 32.2. The Morgan fingerprint density at radius 3 is 3.13 bits per heavy atom. The second kappa shape index (κ2) is 5.26. The van der Waals surface area contributed by atoms with E-state index in [0.29, 0.717) is 5.92 Å². The first kappa shape index (κ1) is 10.6. The van der Waals surface area contributed by atoms with Gasteiger partial charge in [0.2, 0.25) is 5.91 Å². The lowest BCUT2D eigenvalue weighted by atomic mass is 10.4. The Hall–Kier alpha value is -0.900. The molecule has 4 heteroatoms. The van der Waals surface area contributed by atoms with E-state index in [-0.39, 0.29) is 5.91 Å². The molecule has 1 N–H and O–H groups in total. The second-order valence-electron chi connectivity index (χ2n) is 3.70. The SMILES string of the molecule is O=C(NCCSCc1ccco1)C1CC1. The lowest BCUT2D eigenvalue weighted by Gasteiger charge is -2.02. The summed E-state index contributed by atoms with van der Waals surface area (Å²) < 4.78 is 5.20. The molecule has 0 radical (unpaired) electrons. The number of thioether (sulfide) groups is 1. The molecular formula is C11H15NO2S. The maximum absolute atomic E-state index is 11.3. The normalized spacial score (nSPS) is 15.2. The lowest BCUT2D eigenvalue weighted by molar-refractivity contribution is -0.122. The minimum Gasteiger partial charge on any atom is -0.468 e. The van der Waals surface area contributed by atoms with Crippen LogP contribution in [0.5, 0.6) is 0 Å². The van der Waals surface area contributed by atoms with E-state index in [1.807, 2.05) is 12.1 Å². The van der Waals surface area contributed by atoms with Gasteiger partial charge in [-0.15, -0.1) is 0 Å². The molecule has 0 atom stereocenters. The van der Waals surface area contributed by atoms with Gasteiger partial charge in [-0.25, -0.2) is 0 Å². The molecule has 2 rings (SSSR count). The van der Waals surface area contributed by atoms with Crippen LogP contribution in [0.25, 0.3) is 0 Å². The summed E-state index contributed by atoms with van der Waals surface area (Å²) in [7, 11) is 0. The molecule has 82 valence electrons. The van der Waals surface area contributed by atoms with E-state index >= 15 is 0 Å². The summed E-state index contributed by atoms with van der Waals surface area (Å²) in [4.78, 5) is 11.3. The van der Waals surface area contributed by atoms with Crippen molar-refractivity contribution in [2.75, 3.05) is 12.3 Å². The first-order chi connectivity index (χ1) is 7.36. The molecule has 15 heavy (non-hydrogen) atoms. The standard InChI is InChI=1S/C11H15NO2S/c13-11(9-3-4-9)12-5-7-15-8-10-2-1-6-14-10/h1-2,6,9H,3-5,7-8H2,(H,12,13). The van der Waals surface area contributed by atoms with Crippen molar-refractivity contribution < 1.29 is 9.21 Å². The molecule has 0 aromatic carbocycles. The van der Waals surface area contributed by atoms with E-state index in [9.17, 15) is 4.79 Å². The smallest absolute Gasteiger partial charge is 0.223 e. The zero-order valence-electron chi connectivity index (χ0n) is 8.57. The molecule has 1 aromatic heterocycles. The molecule has 1 heterocycles. The van der Waals surface area contributed by atoms with Crippen LogP contribution in [0.4, 0.5) is 0 Å². The number of carbonyl (C=O) groups excluding carboxylic acids is 1. The summed E-state index contributed by atoms with van der Waals surface area (Å²) in [6.07, 6.45) is 3.83. The fourth-order valence-corrected chi connectivity index (χ4v) is 2.06. The van der Waals surface area contributed by atoms with Gasteiger partial charge >= 0.3 is 0 Å². The van der Waals surface area contributed by atoms with Crippen molar-refractivity contribution in [3.63, 3.8) is 0 Å². The van der Waals surface area contributed by atoms with Crippen LogP contribution in [0, 0.1) is 5.92 Å². The largest absolute Gasteiger partial charge is 0.468 e. The summed E-state index contributed by atoms with van der Waals surface area (Å²) in [5, 5.41) is 2.93. The summed E-state index contributed by atoms with van der Waals surface area (Å²) in [5.74, 6) is 3.37. The van der Waals surface area contributed by atoms with Crippen LogP contribution >= 0.6 is 11.8 Å². The number of hydrogen-bond donors (Lipinski definition) is 1. The Labute approximate surface area is 93.6 Å². The van der Waals surface area contributed by atoms with Gasteiger partial charge in [-0.2, -0.15) is 11.8 Å². The minimum atomic E-state index is 0.230. The topological polar surface area (TPSA) is 42.2 Å². The van der Waals surface area contributed by atoms with Crippen molar-refractivity contribution in [2.45, 2.75) is 18.6 Å². The Morgan fingerprint density at radius 2 is 2.47 bits per heavy atom. The highest BCUT2D eigenvalue weighted by Crippen LogP contribution is 2.28. The van der Waals surface area contributed by atoms with Crippen LogP contribution in [-0.2, 0) is 10.5 Å². The Balaban J connectivity index is 1.50. The molecule has 0 bridgehead atoms. The third-order valence-corrected chi connectivity index (χ3v) is 3.30. The maximum atomic E-state index is 11.3. The van der Waals surface area contributed by atoms with Crippen LogP contribution in [0.3, 0.4) is 0 Å². The van der Waals surface area contributed by atoms with Gasteiger partial charge in [0.05, 0.1) is 12.0 Å². The molecule has 0 aliphatic heterocycles. The quantitative estimate of drug-likeness (QED) is 0.753. The predicted molar refractivity (Wildman–Crippen MR) is 60.6 cm³/mol. The van der Waals surface area contributed by atoms with Crippen LogP contribution < -0.4 is 5.32 Å². The zero-order chi connectivity index (χ0) is 10.5. The average Bonchev–Trinajstić information content (AvgIpc) is 2.97. The van der Waals surface area contributed by atoms with Gasteiger partial charge in [-0.3, -0.25) is 4.79 Å². The van der Waals surface area contributed by atoms with Gasteiger partial charge in [0.1, 0.15) is 5.76 Å². The summed E-state index contributed by atoms with van der Waals surface area (Å²) >= 11 is 1.78. The number of nitrogens with one attached hydrogen (secondary N) is 1. The van der Waals surface area contributed by atoms with E-state index in [1.165, 1.54) is 0 Å². The highest BCUT2D eigenvalue weighted by molar-refractivity contribution is 7.98. The van der Waals surface area contributed by atoms with E-state index in [0.717, 1.165) is 36.7 Å². The van der Waals surface area contributed by atoms with Gasteiger partial charge in [0.15, 0.2) is 0 Å². The van der Waals surface area contributed by atoms with Crippen LogP contribution in [0.15, 0.2) is 22.8 Å². The van der Waals surface area contributed by atoms with E-state index < -0.39 is 0 Å². The Kier molecular flexibility index (Phi) is 3.72. The maximum Gasteiger partial charge on any atom is 0.223 e. The first-order valence-electron chi connectivity index (χ1n) is 5.24. The third kappa shape index (κ3) is 3.63. The van der Waals surface area contributed by atoms with Crippen molar-refractivity contribution in [3.8, 4) is 0 Å². The molecular weight excluding hydrogens is 210 g/mol. The van der Waals surface area contributed by atoms with Crippen molar-refractivity contribution >= 4 is 17.7 Å². The molecule has 1 aliphatic carbocycles. The van der Waals surface area contributed by atoms with Crippen molar-refractivity contribution in [2.24, 2.45) is 5.92 Å². The molecule has 1 aliphatic rings. The first-order valence-corrected chi connectivity index (χ1v) is 6.39. The van der Waals surface area contributed by atoms with Gasteiger partial charge in [0.25, 0.3) is 0 Å². The molecule has 0 unspecified atom stereocenters. The molecule has 3 nitrogen and oxygen atoms in total. The fourth-order valence-electron chi connectivity index (χ4n) is 1.30. The number of hydrogen-bond acceptors (Lipinski definition) is 3. The van der Waals surface area contributed by atoms with Gasteiger partial charge < -0.3 is 9.73 Å². The van der Waals surface area contributed by atoms with Gasteiger partial charge in [-0.05, 0) is 25.0 Å². The minimum absolute atomic E-state index is 0.230. The molecule has 1 fully saturated rings. The highest BCUT2D eigenvalue weighted by Gasteiger charge is 2.28. The predicted octanol–water partition coefficient (Wildman–Crippen LogP) is 2.04. The summed E-state index contributed by atoms with van der Waals surface area (Å²) in [6.45, 7) is 0.765. The molecule has 1 amide bonds. The molecule has 1 saturated carbocycles. The number of carbonyl (C=O) groups is 1. The number of furan rings is 1. The molecule has 0 saturated heterocycles. The summed E-state index contributed by atoms with van der Waals surface area (Å²) in [6, 6.07) is 3.86. The van der Waals surface area contributed by atoms with Gasteiger partial charge in [-0.1, -0.05) is 0 Å². The number of amides is 1. The van der Waals surface area contributed by atoms with Crippen LogP contribution in [-0.4, -0.2) is 18.2 Å². The van der Waals surface area contributed by atoms with E-state index in [1.54, 1.807) is 18.0 Å². The Bertz CT molecular complexity index is 306. The fraction of sp³-hybridized carbons (Fsp3) is 0.545. The van der Waals surface area contributed by atoms with Crippen molar-refractivity contribution in [1.29, 1.82) is 0 Å².